The van der Waals surface area contributed by atoms with E-state index in [0.29, 0.717) is 0 Å². The molecule has 0 unspecified atom stereocenters. The molecule has 0 aromatic heterocycles. The maximum atomic E-state index is 4.23. The van der Waals surface area contributed by atoms with Crippen LogP contribution in [-0.2, 0) is 0 Å². The lowest BCUT2D eigenvalue weighted by Gasteiger charge is -1.89. The van der Waals surface area contributed by atoms with E-state index in [0.717, 1.165) is 11.6 Å². The second-order valence-electron chi connectivity index (χ2n) is 1.73. The van der Waals surface area contributed by atoms with Crippen molar-refractivity contribution >= 4 is 16.8 Å². The molecule has 10 heavy (non-hydrogen) atoms. The average Bonchev–Trinajstić information content (AvgIpc) is 1.98. The Morgan fingerprint density at radius 3 is 2.90 bits per heavy atom. The fraction of sp³-hybridized carbons (Fsp3) is 0.375. The summed E-state index contributed by atoms with van der Waals surface area (Å²) in [5.74, 6) is 0. The van der Waals surface area contributed by atoms with Gasteiger partial charge in [0.05, 0.1) is 11.6 Å². The highest BCUT2D eigenvalue weighted by atomic mass is 32.2. The van der Waals surface area contributed by atoms with Crippen LogP contribution < -0.4 is 0 Å². The van der Waals surface area contributed by atoms with Gasteiger partial charge in [-0.25, -0.2) is 0 Å². The number of thioether (sulfide) groups is 1. The summed E-state index contributed by atoms with van der Waals surface area (Å²) in [4.78, 5) is 4.23. The van der Waals surface area contributed by atoms with Gasteiger partial charge in [-0.1, -0.05) is 24.8 Å². The molecule has 0 aliphatic rings. The molecule has 0 heterocycles. The van der Waals surface area contributed by atoms with Crippen LogP contribution in [0.1, 0.15) is 6.92 Å². The molecule has 0 aliphatic carbocycles. The Kier molecular flexibility index (Phi) is 6.29. The number of nitrogens with zero attached hydrogens (tertiary/aromatic N) is 1. The summed E-state index contributed by atoms with van der Waals surface area (Å²) >= 11 is 1.67. The first-order valence-corrected chi connectivity index (χ1v) is 4.36. The Morgan fingerprint density at radius 1 is 1.70 bits per heavy atom. The molecule has 0 rings (SSSR count). The predicted molar refractivity (Wildman–Crippen MR) is 50.8 cm³/mol. The van der Waals surface area contributed by atoms with E-state index >= 15 is 0 Å². The fourth-order valence-electron chi connectivity index (χ4n) is 0.403. The van der Waals surface area contributed by atoms with Gasteiger partial charge in [-0.3, -0.25) is 4.99 Å². The van der Waals surface area contributed by atoms with Gasteiger partial charge in [0.2, 0.25) is 0 Å². The smallest absolute Gasteiger partial charge is 0.0646 e. The standard InChI is InChI=1S/C8H13NS/c1-4-5-6-7-9-8(2)10-3/h4-6H,1,7H2,2-3H3/b6-5-,9-8-. The molecule has 0 aromatic carbocycles. The zero-order valence-corrected chi connectivity index (χ0v) is 7.32. The largest absolute Gasteiger partial charge is 0.279 e. The fourth-order valence-corrected chi connectivity index (χ4v) is 0.607. The van der Waals surface area contributed by atoms with E-state index in [4.69, 9.17) is 0 Å². The van der Waals surface area contributed by atoms with Gasteiger partial charge in [0.1, 0.15) is 0 Å². The summed E-state index contributed by atoms with van der Waals surface area (Å²) in [5, 5.41) is 1.12. The predicted octanol–water partition coefficient (Wildman–Crippen LogP) is 2.51. The third-order valence-corrected chi connectivity index (χ3v) is 1.71. The Bertz CT molecular complexity index is 147. The topological polar surface area (TPSA) is 12.4 Å². The van der Waals surface area contributed by atoms with E-state index in [1.807, 2.05) is 25.3 Å². The van der Waals surface area contributed by atoms with E-state index in [-0.39, 0.29) is 0 Å². The molecule has 0 spiro atoms. The number of hydrogen-bond acceptors (Lipinski definition) is 2. The van der Waals surface area contributed by atoms with Crippen LogP contribution in [-0.4, -0.2) is 17.8 Å². The van der Waals surface area contributed by atoms with Crippen LogP contribution in [0.4, 0.5) is 0 Å². The van der Waals surface area contributed by atoms with E-state index in [1.165, 1.54) is 0 Å². The number of rotatable bonds is 3. The van der Waals surface area contributed by atoms with E-state index in [9.17, 15) is 0 Å². The maximum Gasteiger partial charge on any atom is 0.0646 e. The van der Waals surface area contributed by atoms with Crippen molar-refractivity contribution in [2.24, 2.45) is 4.99 Å². The number of allylic oxidation sites excluding steroid dienone is 2. The average molecular weight is 155 g/mol. The van der Waals surface area contributed by atoms with Gasteiger partial charge in [-0.2, -0.15) is 0 Å². The molecule has 0 bridgehead atoms. The molecule has 0 atom stereocenters. The van der Waals surface area contributed by atoms with Gasteiger partial charge in [0.15, 0.2) is 0 Å². The molecule has 0 aliphatic heterocycles. The summed E-state index contributed by atoms with van der Waals surface area (Å²) < 4.78 is 0. The zero-order chi connectivity index (χ0) is 7.82. The first-order chi connectivity index (χ1) is 4.81. The van der Waals surface area contributed by atoms with Crippen molar-refractivity contribution in [3.05, 3.63) is 24.8 Å². The quantitative estimate of drug-likeness (QED) is 0.346. The molecule has 0 saturated heterocycles. The van der Waals surface area contributed by atoms with Crippen LogP contribution in [0, 0.1) is 0 Å². The molecule has 56 valence electrons. The van der Waals surface area contributed by atoms with Crippen molar-refractivity contribution in [2.75, 3.05) is 12.8 Å². The first-order valence-electron chi connectivity index (χ1n) is 3.14. The van der Waals surface area contributed by atoms with Crippen LogP contribution in [0.15, 0.2) is 29.8 Å². The number of aliphatic imine (C=N–C) groups is 1. The van der Waals surface area contributed by atoms with Crippen molar-refractivity contribution in [2.45, 2.75) is 6.92 Å². The minimum atomic E-state index is 0.763. The highest BCUT2D eigenvalue weighted by Gasteiger charge is 1.80. The third-order valence-electron chi connectivity index (χ3n) is 0.987. The highest BCUT2D eigenvalue weighted by molar-refractivity contribution is 8.13. The Labute approximate surface area is 66.9 Å². The lowest BCUT2D eigenvalue weighted by Crippen LogP contribution is -1.82. The minimum Gasteiger partial charge on any atom is -0.279 e. The molecule has 1 nitrogen and oxygen atoms in total. The van der Waals surface area contributed by atoms with Crippen LogP contribution in [0.25, 0.3) is 0 Å². The van der Waals surface area contributed by atoms with Crippen molar-refractivity contribution in [3.63, 3.8) is 0 Å². The van der Waals surface area contributed by atoms with E-state index < -0.39 is 0 Å². The minimum absolute atomic E-state index is 0.763. The summed E-state index contributed by atoms with van der Waals surface area (Å²) in [6.07, 6.45) is 7.66. The second kappa shape index (κ2) is 6.62. The van der Waals surface area contributed by atoms with Gasteiger partial charge in [0, 0.05) is 0 Å². The molecular formula is C8H13NS. The van der Waals surface area contributed by atoms with E-state index in [1.54, 1.807) is 17.8 Å². The monoisotopic (exact) mass is 155 g/mol. The van der Waals surface area contributed by atoms with Crippen molar-refractivity contribution < 1.29 is 0 Å². The molecule has 0 fully saturated rings. The summed E-state index contributed by atoms with van der Waals surface area (Å²) in [6.45, 7) is 6.33. The Balaban J connectivity index is 3.51. The van der Waals surface area contributed by atoms with Gasteiger partial charge < -0.3 is 0 Å². The summed E-state index contributed by atoms with van der Waals surface area (Å²) in [7, 11) is 0. The SMILES string of the molecule is C=C/C=C\C/N=C(/C)SC. The van der Waals surface area contributed by atoms with Gasteiger partial charge in [-0.05, 0) is 13.2 Å². The molecular weight excluding hydrogens is 142 g/mol. The van der Waals surface area contributed by atoms with Crippen LogP contribution >= 0.6 is 11.8 Å². The Morgan fingerprint density at radius 2 is 2.40 bits per heavy atom. The van der Waals surface area contributed by atoms with E-state index in [2.05, 4.69) is 11.6 Å². The molecule has 0 aromatic rings. The second-order valence-corrected chi connectivity index (χ2v) is 2.73. The molecule has 0 radical (unpaired) electrons. The lowest BCUT2D eigenvalue weighted by atomic mass is 10.5. The maximum absolute atomic E-state index is 4.23. The lowest BCUT2D eigenvalue weighted by molar-refractivity contribution is 1.25. The molecule has 0 N–H and O–H groups in total. The van der Waals surface area contributed by atoms with Gasteiger partial charge in [-0.15, -0.1) is 11.8 Å². The van der Waals surface area contributed by atoms with Gasteiger partial charge >= 0.3 is 0 Å². The normalized spacial score (nSPS) is 12.4. The third kappa shape index (κ3) is 5.63. The van der Waals surface area contributed by atoms with Crippen LogP contribution in [0.3, 0.4) is 0 Å². The highest BCUT2D eigenvalue weighted by Crippen LogP contribution is 1.95. The van der Waals surface area contributed by atoms with Crippen LogP contribution in [0.2, 0.25) is 0 Å². The van der Waals surface area contributed by atoms with Crippen molar-refractivity contribution in [3.8, 4) is 0 Å². The molecule has 0 saturated carbocycles. The number of hydrogen-bond donors (Lipinski definition) is 0. The van der Waals surface area contributed by atoms with Crippen molar-refractivity contribution in [1.29, 1.82) is 0 Å². The summed E-state index contributed by atoms with van der Waals surface area (Å²) in [6, 6.07) is 0. The zero-order valence-electron chi connectivity index (χ0n) is 6.50. The van der Waals surface area contributed by atoms with Crippen molar-refractivity contribution in [1.82, 2.24) is 0 Å². The molecule has 0 amide bonds. The summed E-state index contributed by atoms with van der Waals surface area (Å²) in [5.41, 5.74) is 0. The van der Waals surface area contributed by atoms with Gasteiger partial charge in [0.25, 0.3) is 0 Å². The van der Waals surface area contributed by atoms with Crippen LogP contribution in [0.5, 0.6) is 0 Å². The first kappa shape index (κ1) is 9.50. The Hall–Kier alpha value is -0.500. The molecule has 2 heteroatoms.